The maximum Gasteiger partial charge on any atom is 0.348 e. The molecule has 40 heavy (non-hydrogen) atoms. The monoisotopic (exact) mass is 552 g/mol. The number of rotatable bonds is 6. The van der Waals surface area contributed by atoms with Gasteiger partial charge in [-0.25, -0.2) is 14.5 Å². The van der Waals surface area contributed by atoms with Crippen LogP contribution in [0, 0.1) is 5.92 Å². The van der Waals surface area contributed by atoms with E-state index in [2.05, 4.69) is 97.3 Å². The number of benzene rings is 3. The summed E-state index contributed by atoms with van der Waals surface area (Å²) in [6.45, 7) is 4.18. The van der Waals surface area contributed by atoms with Crippen molar-refractivity contribution in [2.24, 2.45) is 13.0 Å². The van der Waals surface area contributed by atoms with Gasteiger partial charge in [0, 0.05) is 54.4 Å². The first-order valence-corrected chi connectivity index (χ1v) is 13.7. The number of H-pyrrole nitrogens is 1. The number of nitrogens with one attached hydrogen (secondary N) is 1. The van der Waals surface area contributed by atoms with Gasteiger partial charge in [-0.1, -0.05) is 66.7 Å². The molecule has 1 fully saturated rings. The Balaban J connectivity index is 0.00000289. The van der Waals surface area contributed by atoms with Crippen molar-refractivity contribution in [3.8, 4) is 17.1 Å². The van der Waals surface area contributed by atoms with E-state index in [1.165, 1.54) is 18.4 Å². The van der Waals surface area contributed by atoms with E-state index in [0.717, 1.165) is 59.2 Å². The van der Waals surface area contributed by atoms with E-state index in [1.807, 2.05) is 25.2 Å². The highest BCUT2D eigenvalue weighted by atomic mass is 35.5. The molecule has 1 saturated heterocycles. The summed E-state index contributed by atoms with van der Waals surface area (Å²) in [4.78, 5) is 15.8. The number of aromatic nitrogens is 5. The lowest BCUT2D eigenvalue weighted by molar-refractivity contribution is 0.168. The van der Waals surface area contributed by atoms with E-state index in [9.17, 15) is 4.79 Å². The average molecular weight is 553 g/mol. The maximum atomic E-state index is 13.2. The summed E-state index contributed by atoms with van der Waals surface area (Å²) in [6, 6.07) is 27.4. The molecule has 0 spiro atoms. The van der Waals surface area contributed by atoms with Gasteiger partial charge in [-0.05, 0) is 49.5 Å². The molecular formula is C32H33ClN6O. The molecule has 3 aromatic heterocycles. The van der Waals surface area contributed by atoms with Gasteiger partial charge in [0.05, 0.1) is 11.2 Å². The third-order valence-corrected chi connectivity index (χ3v) is 8.23. The van der Waals surface area contributed by atoms with E-state index in [0.29, 0.717) is 11.7 Å². The van der Waals surface area contributed by atoms with Crippen LogP contribution in [-0.4, -0.2) is 41.9 Å². The van der Waals surface area contributed by atoms with Crippen molar-refractivity contribution in [1.29, 1.82) is 0 Å². The number of hydrogen-bond acceptors (Lipinski definition) is 3. The van der Waals surface area contributed by atoms with Crippen molar-refractivity contribution < 1.29 is 0 Å². The Morgan fingerprint density at radius 3 is 2.30 bits per heavy atom. The molecule has 0 amide bonds. The predicted octanol–water partition coefficient (Wildman–Crippen LogP) is 6.01. The predicted molar refractivity (Wildman–Crippen MR) is 163 cm³/mol. The minimum absolute atomic E-state index is 0. The fraction of sp³-hybridized carbons (Fsp3) is 0.250. The summed E-state index contributed by atoms with van der Waals surface area (Å²) in [5, 5.41) is 9.35. The Bertz CT molecular complexity index is 1820. The zero-order valence-electron chi connectivity index (χ0n) is 22.5. The fourth-order valence-corrected chi connectivity index (χ4v) is 6.22. The van der Waals surface area contributed by atoms with E-state index < -0.39 is 0 Å². The minimum Gasteiger partial charge on any atom is -0.350 e. The van der Waals surface area contributed by atoms with E-state index in [-0.39, 0.29) is 18.1 Å². The molecule has 0 bridgehead atoms. The van der Waals surface area contributed by atoms with E-state index >= 15 is 0 Å². The fourth-order valence-electron chi connectivity index (χ4n) is 6.22. The first-order chi connectivity index (χ1) is 19.2. The molecule has 4 heterocycles. The number of likely N-dealkylation sites (tertiary alicyclic amines) is 1. The number of hydrogen-bond donors (Lipinski definition) is 1. The van der Waals surface area contributed by atoms with Gasteiger partial charge in [-0.15, -0.1) is 12.4 Å². The van der Waals surface area contributed by atoms with Crippen molar-refractivity contribution in [1.82, 2.24) is 28.8 Å². The largest absolute Gasteiger partial charge is 0.350 e. The second kappa shape index (κ2) is 10.8. The number of halogens is 1. The van der Waals surface area contributed by atoms with Crippen molar-refractivity contribution in [2.45, 2.75) is 25.9 Å². The molecule has 0 saturated carbocycles. The highest BCUT2D eigenvalue weighted by molar-refractivity contribution is 5.96. The lowest BCUT2D eigenvalue weighted by atomic mass is 9.96. The van der Waals surface area contributed by atoms with Crippen LogP contribution in [0.25, 0.3) is 38.9 Å². The molecule has 7 rings (SSSR count). The van der Waals surface area contributed by atoms with Crippen LogP contribution in [0.15, 0.2) is 96.1 Å². The van der Waals surface area contributed by atoms with Gasteiger partial charge in [0.2, 0.25) is 0 Å². The number of aryl methyl sites for hydroxylation is 1. The normalized spacial score (nSPS) is 14.6. The van der Waals surface area contributed by atoms with Gasteiger partial charge in [-0.3, -0.25) is 4.90 Å². The Morgan fingerprint density at radius 2 is 1.52 bits per heavy atom. The standard InChI is InChI=1S/C32H32N6O.ClH/c1-35-21-27(25-11-5-7-13-28(25)35)31-33-34-32(39)38(31)30-22-37(29-14-8-6-12-26(29)30)20-24-15-17-36(18-16-24)19-23-9-3-2-4-10-23;/h2-14,21-22,24H,15-20H2,1H3,(H,34,39);1H. The van der Waals surface area contributed by atoms with Gasteiger partial charge >= 0.3 is 5.69 Å². The average Bonchev–Trinajstić information content (AvgIpc) is 3.63. The Kier molecular flexibility index (Phi) is 7.09. The van der Waals surface area contributed by atoms with Gasteiger partial charge in [0.15, 0.2) is 5.82 Å². The number of para-hydroxylation sites is 2. The summed E-state index contributed by atoms with van der Waals surface area (Å²) in [5.41, 5.74) is 5.22. The molecular weight excluding hydrogens is 520 g/mol. The molecule has 0 unspecified atom stereocenters. The van der Waals surface area contributed by atoms with Crippen molar-refractivity contribution >= 4 is 34.2 Å². The third kappa shape index (κ3) is 4.65. The first kappa shape index (κ1) is 26.2. The van der Waals surface area contributed by atoms with Crippen molar-refractivity contribution in [3.05, 3.63) is 107 Å². The second-order valence-electron chi connectivity index (χ2n) is 10.7. The topological polar surface area (TPSA) is 63.8 Å². The molecule has 6 aromatic rings. The number of aromatic amines is 1. The molecule has 0 radical (unpaired) electrons. The first-order valence-electron chi connectivity index (χ1n) is 13.7. The molecule has 8 heteroatoms. The summed E-state index contributed by atoms with van der Waals surface area (Å²) in [5.74, 6) is 1.23. The number of nitrogens with zero attached hydrogens (tertiary/aromatic N) is 5. The van der Waals surface area contributed by atoms with Crippen LogP contribution in [0.4, 0.5) is 0 Å². The van der Waals surface area contributed by atoms with Gasteiger partial charge in [-0.2, -0.15) is 5.10 Å². The van der Waals surface area contributed by atoms with Crippen LogP contribution in [0.3, 0.4) is 0 Å². The molecule has 3 aromatic carbocycles. The number of fused-ring (bicyclic) bond motifs is 2. The highest BCUT2D eigenvalue weighted by Gasteiger charge is 2.23. The summed E-state index contributed by atoms with van der Waals surface area (Å²) in [6.07, 6.45) is 6.54. The van der Waals surface area contributed by atoms with Crippen LogP contribution in [0.2, 0.25) is 0 Å². The Labute approximate surface area is 239 Å². The van der Waals surface area contributed by atoms with Crippen LogP contribution < -0.4 is 5.69 Å². The van der Waals surface area contributed by atoms with E-state index in [4.69, 9.17) is 0 Å². The van der Waals surface area contributed by atoms with Crippen LogP contribution >= 0.6 is 12.4 Å². The van der Waals surface area contributed by atoms with Gasteiger partial charge in [0.1, 0.15) is 0 Å². The second-order valence-corrected chi connectivity index (χ2v) is 10.7. The summed E-state index contributed by atoms with van der Waals surface area (Å²) >= 11 is 0. The SMILES string of the molecule is Cl.Cn1cc(-c2n[nH]c(=O)n2-c2cn(CC3CCN(Cc4ccccc4)CC3)c3ccccc23)c2ccccc21. The van der Waals surface area contributed by atoms with Crippen molar-refractivity contribution in [2.75, 3.05) is 13.1 Å². The highest BCUT2D eigenvalue weighted by Crippen LogP contribution is 2.33. The summed E-state index contributed by atoms with van der Waals surface area (Å²) < 4.78 is 6.17. The van der Waals surface area contributed by atoms with Gasteiger partial charge in [0.25, 0.3) is 0 Å². The van der Waals surface area contributed by atoms with Crippen LogP contribution in [0.5, 0.6) is 0 Å². The van der Waals surface area contributed by atoms with Crippen LogP contribution in [-0.2, 0) is 20.1 Å². The Hall–Kier alpha value is -4.07. The number of piperidine rings is 1. The third-order valence-electron chi connectivity index (χ3n) is 8.23. The molecule has 204 valence electrons. The lowest BCUT2D eigenvalue weighted by Crippen LogP contribution is -2.34. The smallest absolute Gasteiger partial charge is 0.348 e. The van der Waals surface area contributed by atoms with Gasteiger partial charge < -0.3 is 9.13 Å². The van der Waals surface area contributed by atoms with Crippen molar-refractivity contribution in [3.63, 3.8) is 0 Å². The minimum atomic E-state index is -0.227. The van der Waals surface area contributed by atoms with Crippen LogP contribution in [0.1, 0.15) is 18.4 Å². The molecule has 0 atom stereocenters. The van der Waals surface area contributed by atoms with E-state index in [1.54, 1.807) is 4.57 Å². The quantitative estimate of drug-likeness (QED) is 0.275. The molecule has 1 N–H and O–H groups in total. The zero-order chi connectivity index (χ0) is 26.3. The lowest BCUT2D eigenvalue weighted by Gasteiger charge is -2.32. The Morgan fingerprint density at radius 1 is 0.850 bits per heavy atom. The molecule has 0 aliphatic carbocycles. The maximum absolute atomic E-state index is 13.2. The summed E-state index contributed by atoms with van der Waals surface area (Å²) in [7, 11) is 2.03. The molecule has 1 aliphatic rings. The zero-order valence-corrected chi connectivity index (χ0v) is 23.3. The molecule has 7 nitrogen and oxygen atoms in total. The molecule has 1 aliphatic heterocycles.